The number of benzene rings is 3. The highest BCUT2D eigenvalue weighted by atomic mass is 32.2. The molecule has 14 atom stereocenters. The lowest BCUT2D eigenvalue weighted by Gasteiger charge is -2.32. The van der Waals surface area contributed by atoms with Crippen molar-refractivity contribution in [3.05, 3.63) is 102 Å². The van der Waals surface area contributed by atoms with Gasteiger partial charge in [-0.05, 0) is 112 Å². The zero-order chi connectivity index (χ0) is 95.4. The second-order valence-corrected chi connectivity index (χ2v) is 35.2. The summed E-state index contributed by atoms with van der Waals surface area (Å²) in [4.78, 5) is 247. The Balaban J connectivity index is 1.02. The monoisotopic (exact) mass is 1820 g/mol. The van der Waals surface area contributed by atoms with Crippen molar-refractivity contribution < 1.29 is 96.8 Å². The number of primary amides is 2. The molecule has 5 aromatic rings. The number of amides is 16. The van der Waals surface area contributed by atoms with Gasteiger partial charge in [-0.25, -0.2) is 0 Å². The van der Waals surface area contributed by atoms with E-state index >= 15 is 4.79 Å². The molecular weight excluding hydrogens is 1690 g/mol. The van der Waals surface area contributed by atoms with E-state index in [1.165, 1.54) is 61.8 Å². The van der Waals surface area contributed by atoms with Crippen molar-refractivity contribution in [2.45, 2.75) is 230 Å². The van der Waals surface area contributed by atoms with Crippen LogP contribution in [-0.2, 0) is 107 Å². The molecule has 4 heterocycles. The number of nitrogens with one attached hydrogen (secondary N) is 11. The molecule has 41 heteroatoms. The van der Waals surface area contributed by atoms with Gasteiger partial charge in [-0.15, -0.1) is 11.8 Å². The van der Waals surface area contributed by atoms with Crippen LogP contribution in [0.1, 0.15) is 136 Å². The number of fused-ring (bicyclic) bond motifs is 2. The van der Waals surface area contributed by atoms with Gasteiger partial charge in [0.15, 0.2) is 0 Å². The Labute approximate surface area is 753 Å². The zero-order valence-corrected chi connectivity index (χ0v) is 76.1. The third kappa shape index (κ3) is 30.2. The summed E-state index contributed by atoms with van der Waals surface area (Å²) in [5, 5.41) is 59.2. The molecule has 2 aliphatic heterocycles. The molecule has 2 aromatic heterocycles. The number of rotatable bonds is 50. The molecule has 0 bridgehead atoms. The lowest BCUT2D eigenvalue weighted by atomic mass is 10.0. The molecule has 706 valence electrons. The Morgan fingerprint density at radius 1 is 0.566 bits per heavy atom. The van der Waals surface area contributed by atoms with Gasteiger partial charge in [0.25, 0.3) is 0 Å². The summed E-state index contributed by atoms with van der Waals surface area (Å²) in [5.74, 6) is -15.5. The van der Waals surface area contributed by atoms with Crippen molar-refractivity contribution in [2.75, 3.05) is 72.9 Å². The highest BCUT2D eigenvalue weighted by Crippen LogP contribution is 2.28. The van der Waals surface area contributed by atoms with Gasteiger partial charge in [0.1, 0.15) is 84.8 Å². The van der Waals surface area contributed by atoms with E-state index < -0.39 is 217 Å². The van der Waals surface area contributed by atoms with Gasteiger partial charge >= 0.3 is 5.97 Å². The minimum Gasteiger partial charge on any atom is -0.508 e. The molecule has 2 aliphatic rings. The molecule has 129 heavy (non-hydrogen) atoms. The van der Waals surface area contributed by atoms with Crippen molar-refractivity contribution in [3.8, 4) is 5.75 Å². The molecular formula is C88H128N20O20S. The highest BCUT2D eigenvalue weighted by Gasteiger charge is 2.46. The van der Waals surface area contributed by atoms with Crippen LogP contribution in [0.25, 0.3) is 21.8 Å². The van der Waals surface area contributed by atoms with Crippen LogP contribution in [0.5, 0.6) is 5.75 Å². The number of aromatic nitrogens is 2. The van der Waals surface area contributed by atoms with E-state index in [0.717, 1.165) is 39.3 Å². The maximum absolute atomic E-state index is 15.1. The van der Waals surface area contributed by atoms with Gasteiger partial charge in [0.2, 0.25) is 94.5 Å². The van der Waals surface area contributed by atoms with E-state index in [0.29, 0.717) is 51.3 Å². The van der Waals surface area contributed by atoms with Gasteiger partial charge in [0.05, 0.1) is 30.9 Å². The predicted molar refractivity (Wildman–Crippen MR) is 479 cm³/mol. The number of hydrogen-bond acceptors (Lipinski definition) is 22. The fraction of sp³-hybridized carbons (Fsp3) is 0.557. The van der Waals surface area contributed by atoms with E-state index in [4.69, 9.17) is 17.2 Å². The second-order valence-electron chi connectivity index (χ2n) is 34.2. The summed E-state index contributed by atoms with van der Waals surface area (Å²) in [6.45, 7) is 10.2. The summed E-state index contributed by atoms with van der Waals surface area (Å²) in [7, 11) is 7.74. The number of carbonyl (C=O) groups excluding carboxylic acids is 16. The van der Waals surface area contributed by atoms with E-state index in [1.807, 2.05) is 20.8 Å². The van der Waals surface area contributed by atoms with Gasteiger partial charge in [0, 0.05) is 106 Å². The van der Waals surface area contributed by atoms with Crippen LogP contribution in [0.3, 0.4) is 0 Å². The molecule has 16 amide bonds. The van der Waals surface area contributed by atoms with Crippen LogP contribution >= 0.6 is 11.8 Å². The van der Waals surface area contributed by atoms with Crippen LogP contribution in [-0.4, -0.2) is 307 Å². The summed E-state index contributed by atoms with van der Waals surface area (Å²) < 4.78 is 1.53. The maximum Gasteiger partial charge on any atom is 0.323 e. The fourth-order valence-corrected chi connectivity index (χ4v) is 16.5. The number of phenolic OH excluding ortho intramolecular Hbond substituents is 1. The van der Waals surface area contributed by atoms with Crippen molar-refractivity contribution in [1.29, 1.82) is 0 Å². The van der Waals surface area contributed by atoms with Crippen LogP contribution in [0.2, 0.25) is 0 Å². The van der Waals surface area contributed by atoms with Crippen LogP contribution < -0.4 is 70.4 Å². The number of nitrogens with zero attached hydrogens (tertiary/aromatic N) is 6. The lowest BCUT2D eigenvalue weighted by Crippen LogP contribution is -2.61. The molecule has 0 radical (unpaired) electrons. The maximum atomic E-state index is 15.1. The molecule has 7 rings (SSSR count). The minimum atomic E-state index is -1.75. The first-order valence-corrected chi connectivity index (χ1v) is 44.6. The van der Waals surface area contributed by atoms with Gasteiger partial charge in [-0.3, -0.25) is 86.4 Å². The SMILES string of the molecule is CCCC[C@@H](C(=O)N[C@@H](CC(C)C)C(=O)N[C@@H](CSCC(=O)N[C@@H](Cc1ccc(O)cc1)C(=O)N(C)[C@@H](C)C(=O)N[C@@H](CC(N)=O)C(=O)N1CCC[C@H]1C(=O)NC(CN)C(=O)N[C@@H](CC(C)C)C(=O)N1C[C@H](O)C[C@H]1C(=O)N[C@@H](Cc1c[nH]c2ccccc12)C(=O)N[C@@H](CCC)C(=O)N[C@@H](Cc1cn(CC(=O)O)c2ccccc12)C(=O)N(C)C)C(=O)NCC(N)=O)N(C)C. The third-order valence-electron chi connectivity index (χ3n) is 22.5. The Hall–Kier alpha value is -12.2. The van der Waals surface area contributed by atoms with Gasteiger partial charge < -0.3 is 115 Å². The molecule has 0 saturated carbocycles. The molecule has 2 fully saturated rings. The van der Waals surface area contributed by atoms with Crippen molar-refractivity contribution >= 4 is 134 Å². The molecule has 0 spiro atoms. The number of H-pyrrole nitrogens is 1. The highest BCUT2D eigenvalue weighted by molar-refractivity contribution is 8.00. The van der Waals surface area contributed by atoms with Crippen molar-refractivity contribution in [3.63, 3.8) is 0 Å². The number of phenols is 1. The fourth-order valence-electron chi connectivity index (χ4n) is 15.7. The number of nitrogens with two attached hydrogens (primary N) is 3. The topological polar surface area (TPSA) is 586 Å². The quantitative estimate of drug-likeness (QED) is 0.0208. The number of para-hydroxylation sites is 2. The van der Waals surface area contributed by atoms with E-state index in [1.54, 1.807) is 101 Å². The number of thioether (sulfide) groups is 1. The molecule has 40 nitrogen and oxygen atoms in total. The summed E-state index contributed by atoms with van der Waals surface area (Å²) >= 11 is 0.861. The van der Waals surface area contributed by atoms with E-state index in [2.05, 4.69) is 58.2 Å². The molecule has 20 N–H and O–H groups in total. The smallest absolute Gasteiger partial charge is 0.323 e. The summed E-state index contributed by atoms with van der Waals surface area (Å²) in [5.41, 5.74) is 20.1. The van der Waals surface area contributed by atoms with Gasteiger partial charge in [-0.2, -0.15) is 0 Å². The first-order valence-electron chi connectivity index (χ1n) is 43.4. The number of carbonyl (C=O) groups is 17. The Kier molecular flexibility index (Phi) is 39.7. The number of aliphatic carboxylic acids is 1. The molecule has 3 aromatic carbocycles. The van der Waals surface area contributed by atoms with E-state index in [9.17, 15) is 92.0 Å². The summed E-state index contributed by atoms with van der Waals surface area (Å²) in [6, 6.07) is 2.33. The number of likely N-dealkylation sites (N-methyl/N-ethyl adjacent to an activating group) is 3. The first kappa shape index (κ1) is 104. The van der Waals surface area contributed by atoms with Crippen LogP contribution in [0.15, 0.2) is 85.2 Å². The Bertz CT molecular complexity index is 4810. The molecule has 2 saturated heterocycles. The molecule has 0 aliphatic carbocycles. The normalized spacial score (nSPS) is 16.9. The summed E-state index contributed by atoms with van der Waals surface area (Å²) in [6.07, 6.45) is 3.21. The number of β-amino-alcohol motifs (C(OH)–C–C–N with tert-alkyl or cyclic N) is 1. The number of unbranched alkanes of at least 4 members (excludes halogenated alkanes) is 1. The first-order chi connectivity index (χ1) is 61.0. The third-order valence-corrected chi connectivity index (χ3v) is 23.5. The predicted octanol–water partition coefficient (Wildman–Crippen LogP) is -1.63. The number of hydrogen-bond donors (Lipinski definition) is 17. The number of carboxylic acid groups (broad SMARTS) is 1. The lowest BCUT2D eigenvalue weighted by molar-refractivity contribution is -0.145. The minimum absolute atomic E-state index is 0.00394. The molecule has 1 unspecified atom stereocenters. The number of likely N-dealkylation sites (tertiary alicyclic amines) is 2. The average molecular weight is 1820 g/mol. The van der Waals surface area contributed by atoms with Crippen molar-refractivity contribution in [2.24, 2.45) is 29.0 Å². The zero-order valence-electron chi connectivity index (χ0n) is 75.3. The number of aromatic hydroxyl groups is 1. The average Bonchev–Trinajstić information content (AvgIpc) is 1.64. The standard InChI is InChI=1S/C88H128N20O20S/c1-13-15-25-69(103(8)9)82(122)96-60(33-48(3)4)79(119)102-67(77(117)93-42-73(91)112)46-129-47-74(113)94-63(35-51-28-30-54(109)31-29-51)86(126)105(12)50(7)76(116)98-65(39-72(90)111)87(127)107-32-20-27-70(107)83(123)101-66(40-89)81(121)99-62(34-49(5)6)88(128)108-44-55(110)38-71(108)84(124)97-61(36-52-41-92-58-24-18-16-22-56(52)58)80(120)95-59(21-14-2)78(118)100-64(85(125)104(10)11)37-53-43-106(45-75(114)115)68-26-19-17-23-57(53)68/h16-19,22-24,26,28-31,41,43,48-50,55,59-67,69-71,92,109-110H,13-15,20-21,25,27,32-40,42,44-47,89H2,1-12H3,(H2,90,111)(H2,91,112)(H,93,117)(H,94,113)(H,95,120)(H,96,122)(H,97,124)(H,98,116)(H,99,121)(H,100,118)(H,101,123)(H,102,119)(H,114,115)/t50-,55+,59-,60-,61-,62-,63-,64-,65-,66?,67-,69-,70-,71-/m0/s1. The number of aliphatic hydroxyl groups is 1. The Morgan fingerprint density at radius 3 is 1.76 bits per heavy atom. The van der Waals surface area contributed by atoms with Crippen LogP contribution in [0.4, 0.5) is 0 Å². The number of aromatic amines is 1. The number of carboxylic acids is 1. The van der Waals surface area contributed by atoms with Crippen molar-refractivity contribution in [1.82, 2.24) is 87.2 Å². The number of aliphatic hydroxyl groups excluding tert-OH is 1. The second kappa shape index (κ2) is 49.4. The largest absolute Gasteiger partial charge is 0.508 e. The van der Waals surface area contributed by atoms with E-state index in [-0.39, 0.29) is 94.2 Å². The Morgan fingerprint density at radius 2 is 1.13 bits per heavy atom. The van der Waals surface area contributed by atoms with Gasteiger partial charge in [-0.1, -0.05) is 109 Å². The van der Waals surface area contributed by atoms with Crippen LogP contribution in [0, 0.1) is 11.8 Å².